The van der Waals surface area contributed by atoms with Crippen molar-refractivity contribution >= 4 is 11.9 Å². The predicted octanol–water partition coefficient (Wildman–Crippen LogP) is 7.42. The highest BCUT2D eigenvalue weighted by Crippen LogP contribution is 2.72. The number of methoxy groups -OCH3 is 1. The lowest BCUT2D eigenvalue weighted by Crippen LogP contribution is -2.56. The molecule has 0 spiro atoms. The number of esters is 2. The molecule has 0 aromatic heterocycles. The number of carbonyl (C=O) groups excluding carboxylic acids is 2. The summed E-state index contributed by atoms with van der Waals surface area (Å²) in [6.07, 6.45) is 7.56. The molecule has 8 unspecified atom stereocenters. The molecule has 4 rings (SSSR count). The zero-order valence-electron chi connectivity index (χ0n) is 26.1. The Bertz CT molecular complexity index is 1040. The number of ether oxygens (including phenoxy) is 2. The summed E-state index contributed by atoms with van der Waals surface area (Å²) in [7, 11) is 1.48. The van der Waals surface area contributed by atoms with Crippen LogP contribution in [0.2, 0.25) is 0 Å². The lowest BCUT2D eigenvalue weighted by atomic mass is 9.43. The van der Waals surface area contributed by atoms with E-state index in [1.165, 1.54) is 14.0 Å². The zero-order valence-corrected chi connectivity index (χ0v) is 26.1. The molecule has 39 heavy (non-hydrogen) atoms. The number of allylic oxidation sites excluding steroid dienone is 3. The first-order valence-electron chi connectivity index (χ1n) is 15.4. The smallest absolute Gasteiger partial charge is 0.309 e. The third-order valence-electron chi connectivity index (χ3n) is 12.6. The molecule has 4 aliphatic rings. The van der Waals surface area contributed by atoms with Gasteiger partial charge in [0.2, 0.25) is 0 Å². The summed E-state index contributed by atoms with van der Waals surface area (Å²) in [4.78, 5) is 25.1. The van der Waals surface area contributed by atoms with Crippen LogP contribution in [0.5, 0.6) is 0 Å². The van der Waals surface area contributed by atoms with Crippen LogP contribution in [0.15, 0.2) is 23.3 Å². The largest absolute Gasteiger partial charge is 0.469 e. The van der Waals surface area contributed by atoms with Crippen molar-refractivity contribution in [1.29, 1.82) is 0 Å². The van der Waals surface area contributed by atoms with Gasteiger partial charge in [0, 0.05) is 18.3 Å². The molecule has 0 radical (unpaired) electrons. The van der Waals surface area contributed by atoms with E-state index >= 15 is 0 Å². The van der Waals surface area contributed by atoms with Gasteiger partial charge in [-0.15, -0.1) is 0 Å². The Labute approximate surface area is 237 Å². The first-order valence-corrected chi connectivity index (χ1v) is 15.4. The third kappa shape index (κ3) is 4.63. The number of hydrogen-bond donors (Lipinski definition) is 1. The summed E-state index contributed by atoms with van der Waals surface area (Å²) in [5.74, 6) is -0.0263. The minimum Gasteiger partial charge on any atom is -0.469 e. The van der Waals surface area contributed by atoms with Gasteiger partial charge in [-0.2, -0.15) is 0 Å². The van der Waals surface area contributed by atoms with Crippen LogP contribution in [0, 0.1) is 45.3 Å². The van der Waals surface area contributed by atoms with Gasteiger partial charge in [-0.25, -0.2) is 0 Å². The quantitative estimate of drug-likeness (QED) is 0.268. The number of aliphatic hydroxyl groups is 1. The van der Waals surface area contributed by atoms with Gasteiger partial charge in [0.15, 0.2) is 0 Å². The molecule has 8 atom stereocenters. The fourth-order valence-corrected chi connectivity index (χ4v) is 10.1. The average molecular weight is 543 g/mol. The van der Waals surface area contributed by atoms with Gasteiger partial charge in [0.1, 0.15) is 6.10 Å². The molecule has 0 saturated heterocycles. The van der Waals surface area contributed by atoms with E-state index in [2.05, 4.69) is 55.0 Å². The first-order chi connectivity index (χ1) is 18.0. The highest BCUT2D eigenvalue weighted by Gasteiger charge is 2.67. The number of hydrogen-bond acceptors (Lipinski definition) is 5. The van der Waals surface area contributed by atoms with Crippen molar-refractivity contribution in [2.24, 2.45) is 45.3 Å². The van der Waals surface area contributed by atoms with Crippen LogP contribution in [-0.2, 0) is 19.1 Å². The second-order valence-corrected chi connectivity index (χ2v) is 15.0. The molecule has 2 saturated carbocycles. The van der Waals surface area contributed by atoms with E-state index in [1.54, 1.807) is 11.1 Å². The Morgan fingerprint density at radius 3 is 2.31 bits per heavy atom. The van der Waals surface area contributed by atoms with Crippen LogP contribution in [0.1, 0.15) is 113 Å². The Kier molecular flexibility index (Phi) is 8.04. The second kappa shape index (κ2) is 10.3. The molecule has 5 nitrogen and oxygen atoms in total. The number of aliphatic hydroxyl groups excluding tert-OH is 1. The summed E-state index contributed by atoms with van der Waals surface area (Å²) in [5, 5.41) is 11.7. The van der Waals surface area contributed by atoms with Gasteiger partial charge < -0.3 is 14.6 Å². The van der Waals surface area contributed by atoms with E-state index in [4.69, 9.17) is 9.47 Å². The standard InChI is InChI=1S/C34H54O5/c1-20(2)21(3)11-12-23(30(37)38-10)29-26(36)19-34(9)25-13-14-27-31(5,6)28(39-22(4)35)16-17-32(27,7)24(25)15-18-33(29,34)8/h20,23,26-29,36H,3,11-19H2,1-2,4-10H3. The summed E-state index contributed by atoms with van der Waals surface area (Å²) in [5.41, 5.74) is 3.94. The van der Waals surface area contributed by atoms with Crippen molar-refractivity contribution in [3.8, 4) is 0 Å². The van der Waals surface area contributed by atoms with Crippen LogP contribution in [0.25, 0.3) is 0 Å². The van der Waals surface area contributed by atoms with E-state index < -0.39 is 6.10 Å². The van der Waals surface area contributed by atoms with Crippen LogP contribution in [0.4, 0.5) is 0 Å². The van der Waals surface area contributed by atoms with Crippen LogP contribution in [0.3, 0.4) is 0 Å². The van der Waals surface area contributed by atoms with Crippen molar-refractivity contribution in [1.82, 2.24) is 0 Å². The minimum atomic E-state index is -0.537. The normalized spacial score (nSPS) is 39.9. The zero-order chi connectivity index (χ0) is 29.1. The van der Waals surface area contributed by atoms with E-state index in [0.717, 1.165) is 50.5 Å². The third-order valence-corrected chi connectivity index (χ3v) is 12.6. The second-order valence-electron chi connectivity index (χ2n) is 15.0. The van der Waals surface area contributed by atoms with Crippen molar-refractivity contribution in [3.05, 3.63) is 23.3 Å². The summed E-state index contributed by atoms with van der Waals surface area (Å²) < 4.78 is 11.2. The molecule has 0 heterocycles. The van der Waals surface area contributed by atoms with Gasteiger partial charge in [0.05, 0.1) is 19.1 Å². The molecular formula is C34H54O5. The lowest BCUT2D eigenvalue weighted by Gasteiger charge is -2.62. The van der Waals surface area contributed by atoms with Crippen molar-refractivity contribution in [2.45, 2.75) is 125 Å². The van der Waals surface area contributed by atoms with Gasteiger partial charge >= 0.3 is 11.9 Å². The van der Waals surface area contributed by atoms with Gasteiger partial charge in [-0.05, 0) is 85.9 Å². The molecule has 0 amide bonds. The molecule has 0 bridgehead atoms. The van der Waals surface area contributed by atoms with Gasteiger partial charge in [0.25, 0.3) is 0 Å². The maximum absolute atomic E-state index is 13.2. The molecule has 0 aromatic rings. The summed E-state index contributed by atoms with van der Waals surface area (Å²) in [6.45, 7) is 21.8. The maximum Gasteiger partial charge on any atom is 0.309 e. The monoisotopic (exact) mass is 542 g/mol. The highest BCUT2D eigenvalue weighted by atomic mass is 16.5. The SMILES string of the molecule is C=C(CCC(C(=O)OC)C1C(O)CC2(C)C3=C(CCC12C)C1(C)CCC(OC(C)=O)C(C)(C)C1CC3)C(C)C. The molecule has 4 aliphatic carbocycles. The van der Waals surface area contributed by atoms with Crippen molar-refractivity contribution < 1.29 is 24.2 Å². The molecule has 220 valence electrons. The number of carbonyl (C=O) groups is 2. The van der Waals surface area contributed by atoms with Crippen molar-refractivity contribution in [2.75, 3.05) is 7.11 Å². The first kappa shape index (κ1) is 30.3. The Morgan fingerprint density at radius 1 is 1.05 bits per heavy atom. The molecular weight excluding hydrogens is 488 g/mol. The number of rotatable bonds is 7. The lowest BCUT2D eigenvalue weighted by molar-refractivity contribution is -0.167. The van der Waals surface area contributed by atoms with Crippen LogP contribution < -0.4 is 0 Å². The fraction of sp³-hybridized carbons (Fsp3) is 0.824. The van der Waals surface area contributed by atoms with E-state index in [0.29, 0.717) is 24.7 Å². The van der Waals surface area contributed by atoms with Gasteiger partial charge in [-0.3, -0.25) is 9.59 Å². The topological polar surface area (TPSA) is 72.8 Å². The Morgan fingerprint density at radius 2 is 1.72 bits per heavy atom. The van der Waals surface area contributed by atoms with Crippen LogP contribution >= 0.6 is 0 Å². The highest BCUT2D eigenvalue weighted by molar-refractivity contribution is 5.73. The van der Waals surface area contributed by atoms with E-state index in [-0.39, 0.29) is 51.5 Å². The van der Waals surface area contributed by atoms with E-state index in [9.17, 15) is 14.7 Å². The van der Waals surface area contributed by atoms with E-state index in [1.807, 2.05) is 0 Å². The minimum absolute atomic E-state index is 0.0428. The Hall–Kier alpha value is -1.62. The predicted molar refractivity (Wildman–Crippen MR) is 155 cm³/mol. The molecule has 0 aromatic carbocycles. The molecule has 0 aliphatic heterocycles. The molecule has 1 N–H and O–H groups in total. The summed E-state index contributed by atoms with van der Waals surface area (Å²) in [6, 6.07) is 0. The van der Waals surface area contributed by atoms with Crippen molar-refractivity contribution in [3.63, 3.8) is 0 Å². The molecule has 2 fully saturated rings. The fourth-order valence-electron chi connectivity index (χ4n) is 10.1. The molecule has 5 heteroatoms. The number of fused-ring (bicyclic) bond motifs is 4. The average Bonchev–Trinajstić information content (AvgIpc) is 3.06. The summed E-state index contributed by atoms with van der Waals surface area (Å²) >= 11 is 0. The Balaban J connectivity index is 1.70. The maximum atomic E-state index is 13.2. The van der Waals surface area contributed by atoms with Crippen LogP contribution in [-0.4, -0.2) is 36.4 Å². The van der Waals surface area contributed by atoms with Gasteiger partial charge in [-0.1, -0.05) is 71.8 Å².